The van der Waals surface area contributed by atoms with Gasteiger partial charge in [0.1, 0.15) is 0 Å². The Kier molecular flexibility index (Phi) is 18.2. The van der Waals surface area contributed by atoms with Gasteiger partial charge in [0.2, 0.25) is 24.1 Å². The number of rotatable bonds is 18. The standard InChI is InChI=1S/C38H59N4O9P3/c1-4-49-36(52(43)44,30-33-16-10-7-11-17-33)40-24-22-39-23-25-41(37(50-5-2,53(45)46)31-34-18-12-8-13-19-34)27-29-42(28-26-40)38(51-6-3,54(47)48)32-35-20-14-9-15-21-35/h7-21,39,52-54H,4-6,22-32H2,1-3H3,(H,43,44)(H,45,46)(H,47,48). The Bertz CT molecular complexity index is 1530. The van der Waals surface area contributed by atoms with Crippen LogP contribution in [0.3, 0.4) is 0 Å². The molecule has 6 unspecified atom stereocenters. The van der Waals surface area contributed by atoms with Gasteiger partial charge in [-0.3, -0.25) is 28.4 Å². The summed E-state index contributed by atoms with van der Waals surface area (Å²) in [4.78, 5) is 39.1. The van der Waals surface area contributed by atoms with Crippen LogP contribution in [0.25, 0.3) is 0 Å². The Hall–Kier alpha value is -2.05. The van der Waals surface area contributed by atoms with E-state index in [2.05, 4.69) is 5.32 Å². The van der Waals surface area contributed by atoms with Crippen molar-refractivity contribution in [2.24, 2.45) is 0 Å². The molecular weight excluding hydrogens is 749 g/mol. The summed E-state index contributed by atoms with van der Waals surface area (Å²) in [5, 5.41) is 3.45. The summed E-state index contributed by atoms with van der Waals surface area (Å²) in [7, 11) is -10.2. The molecule has 0 bridgehead atoms. The van der Waals surface area contributed by atoms with Gasteiger partial charge in [-0.05, 0) is 37.5 Å². The molecule has 0 aliphatic carbocycles. The summed E-state index contributed by atoms with van der Waals surface area (Å²) in [6.45, 7) is 7.96. The maximum atomic E-state index is 13.8. The van der Waals surface area contributed by atoms with Crippen LogP contribution in [0.5, 0.6) is 0 Å². The number of ether oxygens (including phenoxy) is 3. The average Bonchev–Trinajstić information content (AvgIpc) is 3.15. The van der Waals surface area contributed by atoms with E-state index in [1.807, 2.05) is 106 Å². The van der Waals surface area contributed by atoms with Crippen LogP contribution in [-0.2, 0) is 47.2 Å². The first kappa shape index (κ1) is 44.7. The molecule has 300 valence electrons. The Morgan fingerprint density at radius 1 is 0.500 bits per heavy atom. The first-order valence-corrected chi connectivity index (χ1v) is 22.8. The van der Waals surface area contributed by atoms with Crippen LogP contribution in [0.15, 0.2) is 91.0 Å². The van der Waals surface area contributed by atoms with Crippen LogP contribution < -0.4 is 5.32 Å². The molecule has 16 heteroatoms. The molecule has 1 heterocycles. The zero-order chi connectivity index (χ0) is 39.0. The summed E-state index contributed by atoms with van der Waals surface area (Å²) in [6, 6.07) is 28.3. The van der Waals surface area contributed by atoms with Gasteiger partial charge in [0, 0.05) is 91.4 Å². The number of hydrogen-bond acceptors (Lipinski definition) is 10. The molecule has 0 spiro atoms. The molecule has 3 aromatic rings. The van der Waals surface area contributed by atoms with Gasteiger partial charge in [0.05, 0.1) is 0 Å². The normalized spacial score (nSPS) is 21.0. The molecule has 1 fully saturated rings. The Morgan fingerprint density at radius 3 is 1.00 bits per heavy atom. The van der Waals surface area contributed by atoms with E-state index < -0.39 is 40.5 Å². The predicted molar refractivity (Wildman–Crippen MR) is 215 cm³/mol. The number of nitrogens with one attached hydrogen (secondary N) is 1. The molecule has 1 aliphatic rings. The third-order valence-electron chi connectivity index (χ3n) is 9.94. The highest BCUT2D eigenvalue weighted by molar-refractivity contribution is 7.40. The fraction of sp³-hybridized carbons (Fsp3) is 0.526. The molecule has 3 aromatic carbocycles. The van der Waals surface area contributed by atoms with E-state index in [0.717, 1.165) is 16.7 Å². The van der Waals surface area contributed by atoms with E-state index in [1.165, 1.54) is 0 Å². The molecule has 0 amide bonds. The van der Waals surface area contributed by atoms with Crippen LogP contribution in [0.2, 0.25) is 0 Å². The summed E-state index contributed by atoms with van der Waals surface area (Å²) >= 11 is 0. The van der Waals surface area contributed by atoms with Crippen molar-refractivity contribution in [3.05, 3.63) is 108 Å². The number of hydrogen-bond donors (Lipinski definition) is 4. The van der Waals surface area contributed by atoms with E-state index in [-0.39, 0.29) is 65.3 Å². The molecule has 54 heavy (non-hydrogen) atoms. The maximum Gasteiger partial charge on any atom is 0.235 e. The molecule has 1 aliphatic heterocycles. The highest BCUT2D eigenvalue weighted by Crippen LogP contribution is 2.46. The number of benzene rings is 3. The summed E-state index contributed by atoms with van der Waals surface area (Å²) < 4.78 is 59.9. The zero-order valence-corrected chi connectivity index (χ0v) is 34.7. The van der Waals surface area contributed by atoms with Crippen molar-refractivity contribution < 1.29 is 42.6 Å². The second-order valence-electron chi connectivity index (χ2n) is 13.3. The fourth-order valence-electron chi connectivity index (χ4n) is 7.37. The second kappa shape index (κ2) is 22.0. The molecule has 0 saturated carbocycles. The van der Waals surface area contributed by atoms with Gasteiger partial charge in [-0.25, -0.2) is 0 Å². The summed E-state index contributed by atoms with van der Waals surface area (Å²) in [6.07, 6.45) is 0.399. The Morgan fingerprint density at radius 2 is 0.759 bits per heavy atom. The smallest absolute Gasteiger partial charge is 0.235 e. The predicted octanol–water partition coefficient (Wildman–Crippen LogP) is 4.70. The highest BCUT2D eigenvalue weighted by atomic mass is 31.1. The zero-order valence-electron chi connectivity index (χ0n) is 31.7. The lowest BCUT2D eigenvalue weighted by atomic mass is 10.1. The molecule has 0 aromatic heterocycles. The van der Waals surface area contributed by atoms with Crippen molar-refractivity contribution in [3.63, 3.8) is 0 Å². The van der Waals surface area contributed by atoms with Gasteiger partial charge in [0.25, 0.3) is 0 Å². The van der Waals surface area contributed by atoms with Gasteiger partial charge in [-0.2, -0.15) is 0 Å². The lowest BCUT2D eigenvalue weighted by molar-refractivity contribution is -0.131. The largest absolute Gasteiger partial charge is 0.351 e. The topological polar surface area (TPSA) is 161 Å². The van der Waals surface area contributed by atoms with Crippen LogP contribution in [0, 0.1) is 0 Å². The van der Waals surface area contributed by atoms with Gasteiger partial charge < -0.3 is 34.2 Å². The highest BCUT2D eigenvalue weighted by Gasteiger charge is 2.48. The SMILES string of the molecule is CCOC(Cc1ccccc1)(N1CCNCCN(C(Cc2ccccc2)(OCC)[PH](=O)O)CCN(C(Cc2ccccc2)(OCC)[PH](=O)O)CC1)[PH](=O)O. The monoisotopic (exact) mass is 808 g/mol. The minimum absolute atomic E-state index is 0.0892. The van der Waals surface area contributed by atoms with Crippen molar-refractivity contribution in [1.29, 1.82) is 0 Å². The van der Waals surface area contributed by atoms with E-state index in [0.29, 0.717) is 26.2 Å². The van der Waals surface area contributed by atoms with Crippen molar-refractivity contribution in [3.8, 4) is 0 Å². The van der Waals surface area contributed by atoms with Gasteiger partial charge in [-0.1, -0.05) is 91.0 Å². The van der Waals surface area contributed by atoms with Crippen LogP contribution in [0.1, 0.15) is 37.5 Å². The summed E-state index contributed by atoms with van der Waals surface area (Å²) in [5.41, 5.74) is -2.32. The third kappa shape index (κ3) is 11.3. The molecule has 0 radical (unpaired) electrons. The minimum Gasteiger partial charge on any atom is -0.351 e. The van der Waals surface area contributed by atoms with E-state index in [1.54, 1.807) is 20.8 Å². The van der Waals surface area contributed by atoms with E-state index in [4.69, 9.17) is 14.2 Å². The Balaban J connectivity index is 1.83. The maximum absolute atomic E-state index is 13.8. The molecule has 13 nitrogen and oxygen atoms in total. The third-order valence-corrected chi connectivity index (χ3v) is 13.9. The van der Waals surface area contributed by atoms with Gasteiger partial charge in [0.15, 0.2) is 16.4 Å². The minimum atomic E-state index is -3.48. The molecule has 1 saturated heterocycles. The molecular formula is C38H59N4O9P3. The van der Waals surface area contributed by atoms with E-state index in [9.17, 15) is 28.4 Å². The first-order valence-electron chi connectivity index (χ1n) is 18.8. The van der Waals surface area contributed by atoms with Crippen molar-refractivity contribution in [2.45, 2.75) is 56.4 Å². The Labute approximate surface area is 322 Å². The van der Waals surface area contributed by atoms with Crippen molar-refractivity contribution in [2.75, 3.05) is 72.2 Å². The van der Waals surface area contributed by atoms with Gasteiger partial charge in [-0.15, -0.1) is 0 Å². The van der Waals surface area contributed by atoms with Gasteiger partial charge >= 0.3 is 0 Å². The molecule has 4 rings (SSSR count). The van der Waals surface area contributed by atoms with Crippen LogP contribution in [0.4, 0.5) is 0 Å². The lowest BCUT2D eigenvalue weighted by Gasteiger charge is -2.47. The lowest BCUT2D eigenvalue weighted by Crippen LogP contribution is -2.60. The average molecular weight is 809 g/mol. The quantitative estimate of drug-likeness (QED) is 0.131. The molecule has 6 atom stereocenters. The van der Waals surface area contributed by atoms with Crippen LogP contribution >= 0.6 is 24.1 Å². The first-order chi connectivity index (χ1) is 26.1. The molecule has 4 N–H and O–H groups in total. The van der Waals surface area contributed by atoms with Crippen molar-refractivity contribution >= 4 is 24.1 Å². The summed E-state index contributed by atoms with van der Waals surface area (Å²) in [5.74, 6) is 0. The fourth-order valence-corrected chi connectivity index (χ4v) is 10.7. The van der Waals surface area contributed by atoms with Crippen molar-refractivity contribution in [1.82, 2.24) is 20.0 Å². The van der Waals surface area contributed by atoms with E-state index >= 15 is 0 Å². The van der Waals surface area contributed by atoms with Crippen LogP contribution in [-0.4, -0.2) is 118 Å². The number of nitrogens with zero attached hydrogens (tertiary/aromatic N) is 3. The second-order valence-corrected chi connectivity index (χ2v) is 17.4.